The summed E-state index contributed by atoms with van der Waals surface area (Å²) < 4.78 is 2.81. The Morgan fingerprint density at radius 3 is 2.83 bits per heavy atom. The summed E-state index contributed by atoms with van der Waals surface area (Å²) in [4.78, 5) is 0. The number of rotatable bonds is 4. The smallest absolute Gasteiger partial charge is 0.0618 e. The van der Waals surface area contributed by atoms with Gasteiger partial charge in [-0.2, -0.15) is 5.10 Å². The molecule has 0 aliphatic carbocycles. The number of nitrogens with zero attached hydrogens (tertiary/aromatic N) is 2. The second-order valence-electron chi connectivity index (χ2n) is 4.10. The van der Waals surface area contributed by atoms with Crippen LogP contribution < -0.4 is 5.32 Å². The van der Waals surface area contributed by atoms with Crippen LogP contribution in [0.4, 0.5) is 0 Å². The highest BCUT2D eigenvalue weighted by atomic mass is 79.9. The van der Waals surface area contributed by atoms with E-state index in [9.17, 15) is 0 Å². The molecule has 0 saturated heterocycles. The highest BCUT2D eigenvalue weighted by molar-refractivity contribution is 9.10. The summed E-state index contributed by atoms with van der Waals surface area (Å²) in [7, 11) is 1.92. The van der Waals surface area contributed by atoms with Crippen molar-refractivity contribution in [3.05, 3.63) is 51.2 Å². The van der Waals surface area contributed by atoms with Crippen molar-refractivity contribution >= 4 is 27.5 Å². The van der Waals surface area contributed by atoms with Crippen molar-refractivity contribution in [2.45, 2.75) is 13.0 Å². The van der Waals surface area contributed by atoms with Crippen molar-refractivity contribution in [1.82, 2.24) is 15.1 Å². The van der Waals surface area contributed by atoms with E-state index in [1.807, 2.05) is 42.3 Å². The maximum atomic E-state index is 5.98. The summed E-state index contributed by atoms with van der Waals surface area (Å²) >= 11 is 9.55. The Bertz CT molecular complexity index is 539. The van der Waals surface area contributed by atoms with Crippen LogP contribution in [0.3, 0.4) is 0 Å². The SMILES string of the molecule is CCNC(c1cnn(C)c1)c1ccc(Cl)cc1Br. The van der Waals surface area contributed by atoms with E-state index in [2.05, 4.69) is 33.3 Å². The van der Waals surface area contributed by atoms with Gasteiger partial charge in [0.2, 0.25) is 0 Å². The minimum Gasteiger partial charge on any atom is -0.306 e. The lowest BCUT2D eigenvalue weighted by atomic mass is 10.0. The second kappa shape index (κ2) is 5.87. The van der Waals surface area contributed by atoms with Gasteiger partial charge in [-0.05, 0) is 24.2 Å². The summed E-state index contributed by atoms with van der Waals surface area (Å²) in [6.07, 6.45) is 3.91. The third-order valence-electron chi connectivity index (χ3n) is 2.74. The lowest BCUT2D eigenvalue weighted by Gasteiger charge is -2.18. The zero-order chi connectivity index (χ0) is 13.1. The monoisotopic (exact) mass is 327 g/mol. The van der Waals surface area contributed by atoms with Crippen LogP contribution in [0, 0.1) is 0 Å². The van der Waals surface area contributed by atoms with Crippen LogP contribution in [0.25, 0.3) is 0 Å². The fourth-order valence-electron chi connectivity index (χ4n) is 1.94. The number of aryl methyl sites for hydroxylation is 1. The molecule has 1 heterocycles. The summed E-state index contributed by atoms with van der Waals surface area (Å²) in [5, 5.41) is 8.42. The average Bonchev–Trinajstić information content (AvgIpc) is 2.73. The molecule has 1 aromatic heterocycles. The molecule has 96 valence electrons. The molecule has 0 bridgehead atoms. The van der Waals surface area contributed by atoms with E-state index >= 15 is 0 Å². The van der Waals surface area contributed by atoms with Crippen LogP contribution in [-0.4, -0.2) is 16.3 Å². The molecular weight excluding hydrogens is 314 g/mol. The largest absolute Gasteiger partial charge is 0.306 e. The summed E-state index contributed by atoms with van der Waals surface area (Å²) in [6, 6.07) is 5.97. The maximum absolute atomic E-state index is 5.98. The van der Waals surface area contributed by atoms with Gasteiger partial charge in [-0.25, -0.2) is 0 Å². The molecule has 1 N–H and O–H groups in total. The Kier molecular flexibility index (Phi) is 4.43. The predicted molar refractivity (Wildman–Crippen MR) is 77.9 cm³/mol. The Balaban J connectivity index is 2.41. The topological polar surface area (TPSA) is 29.9 Å². The van der Waals surface area contributed by atoms with E-state index in [1.54, 1.807) is 0 Å². The van der Waals surface area contributed by atoms with Crippen LogP contribution in [0.1, 0.15) is 24.1 Å². The van der Waals surface area contributed by atoms with Crippen LogP contribution in [0.2, 0.25) is 5.02 Å². The van der Waals surface area contributed by atoms with Gasteiger partial charge in [-0.1, -0.05) is 40.5 Å². The lowest BCUT2D eigenvalue weighted by Crippen LogP contribution is -2.22. The number of aromatic nitrogens is 2. The van der Waals surface area contributed by atoms with E-state index in [4.69, 9.17) is 11.6 Å². The van der Waals surface area contributed by atoms with Gasteiger partial charge in [0.15, 0.2) is 0 Å². The Hall–Kier alpha value is -0.840. The average molecular weight is 329 g/mol. The van der Waals surface area contributed by atoms with E-state index in [-0.39, 0.29) is 6.04 Å². The molecule has 5 heteroatoms. The summed E-state index contributed by atoms with van der Waals surface area (Å²) in [6.45, 7) is 2.97. The number of halogens is 2. The molecule has 2 aromatic rings. The van der Waals surface area contributed by atoms with Crippen molar-refractivity contribution < 1.29 is 0 Å². The first kappa shape index (κ1) is 13.6. The molecule has 1 unspecified atom stereocenters. The third-order valence-corrected chi connectivity index (χ3v) is 3.66. The van der Waals surface area contributed by atoms with Crippen LogP contribution in [-0.2, 0) is 7.05 Å². The first-order valence-corrected chi connectivity index (χ1v) is 6.95. The molecule has 0 spiro atoms. The highest BCUT2D eigenvalue weighted by Crippen LogP contribution is 2.30. The highest BCUT2D eigenvalue weighted by Gasteiger charge is 2.17. The first-order chi connectivity index (χ1) is 8.61. The first-order valence-electron chi connectivity index (χ1n) is 5.78. The van der Waals surface area contributed by atoms with E-state index in [0.717, 1.165) is 27.2 Å². The Morgan fingerprint density at radius 1 is 1.50 bits per heavy atom. The standard InChI is InChI=1S/C13H15BrClN3/c1-3-16-13(9-7-17-18(2)8-9)11-5-4-10(15)6-12(11)14/h4-8,13,16H,3H2,1-2H3. The van der Waals surface area contributed by atoms with Crippen LogP contribution in [0.5, 0.6) is 0 Å². The van der Waals surface area contributed by atoms with Gasteiger partial charge >= 0.3 is 0 Å². The van der Waals surface area contributed by atoms with Crippen LogP contribution >= 0.6 is 27.5 Å². The van der Waals surface area contributed by atoms with Crippen molar-refractivity contribution in [3.63, 3.8) is 0 Å². The minimum absolute atomic E-state index is 0.121. The van der Waals surface area contributed by atoms with Crippen molar-refractivity contribution in [3.8, 4) is 0 Å². The normalized spacial score (nSPS) is 12.7. The second-order valence-corrected chi connectivity index (χ2v) is 5.39. The lowest BCUT2D eigenvalue weighted by molar-refractivity contribution is 0.627. The summed E-state index contributed by atoms with van der Waals surface area (Å²) in [5.74, 6) is 0. The van der Waals surface area contributed by atoms with Crippen molar-refractivity contribution in [2.75, 3.05) is 6.54 Å². The predicted octanol–water partition coefficient (Wildman–Crippen LogP) is 3.53. The fraction of sp³-hybridized carbons (Fsp3) is 0.308. The maximum Gasteiger partial charge on any atom is 0.0618 e. The number of nitrogens with one attached hydrogen (secondary N) is 1. The third kappa shape index (κ3) is 2.94. The minimum atomic E-state index is 0.121. The van der Waals surface area contributed by atoms with Gasteiger partial charge in [0.05, 0.1) is 12.2 Å². The van der Waals surface area contributed by atoms with Gasteiger partial charge < -0.3 is 5.32 Å². The summed E-state index contributed by atoms with van der Waals surface area (Å²) in [5.41, 5.74) is 2.30. The number of hydrogen-bond acceptors (Lipinski definition) is 2. The van der Waals surface area contributed by atoms with E-state index in [1.165, 1.54) is 0 Å². The number of hydrogen-bond donors (Lipinski definition) is 1. The molecule has 0 saturated carbocycles. The molecule has 18 heavy (non-hydrogen) atoms. The molecular formula is C13H15BrClN3. The Labute approximate surface area is 120 Å². The van der Waals surface area contributed by atoms with Crippen molar-refractivity contribution in [2.24, 2.45) is 7.05 Å². The molecule has 0 amide bonds. The molecule has 0 aliphatic rings. The molecule has 2 rings (SSSR count). The van der Waals surface area contributed by atoms with E-state index < -0.39 is 0 Å². The Morgan fingerprint density at radius 2 is 2.28 bits per heavy atom. The van der Waals surface area contributed by atoms with Gasteiger partial charge in [0.1, 0.15) is 0 Å². The molecule has 0 fully saturated rings. The molecule has 3 nitrogen and oxygen atoms in total. The van der Waals surface area contributed by atoms with E-state index in [0.29, 0.717) is 0 Å². The molecule has 0 aliphatic heterocycles. The van der Waals surface area contributed by atoms with Crippen molar-refractivity contribution in [1.29, 1.82) is 0 Å². The molecule has 1 atom stereocenters. The van der Waals surface area contributed by atoms with Gasteiger partial charge in [-0.3, -0.25) is 4.68 Å². The molecule has 0 radical (unpaired) electrons. The fourth-order valence-corrected chi connectivity index (χ4v) is 2.85. The van der Waals surface area contributed by atoms with Gasteiger partial charge in [0, 0.05) is 28.3 Å². The van der Waals surface area contributed by atoms with Gasteiger partial charge in [0.25, 0.3) is 0 Å². The van der Waals surface area contributed by atoms with Gasteiger partial charge in [-0.15, -0.1) is 0 Å². The number of benzene rings is 1. The quantitative estimate of drug-likeness (QED) is 0.930. The molecule has 1 aromatic carbocycles. The zero-order valence-electron chi connectivity index (χ0n) is 10.3. The zero-order valence-corrected chi connectivity index (χ0v) is 12.7. The van der Waals surface area contributed by atoms with Crippen LogP contribution in [0.15, 0.2) is 35.1 Å².